The Labute approximate surface area is 241 Å². The number of unbranched alkanes of at least 4 members (excludes halogenated alkanes) is 1. The molecule has 3 aliphatic rings. The summed E-state index contributed by atoms with van der Waals surface area (Å²) in [6.07, 6.45) is 5.32. The largest absolute Gasteiger partial charge is 0.465 e. The third-order valence-corrected chi connectivity index (χ3v) is 8.98. The van der Waals surface area contributed by atoms with Gasteiger partial charge in [0.25, 0.3) is 5.91 Å². The van der Waals surface area contributed by atoms with Gasteiger partial charge in [0.15, 0.2) is 0 Å². The molecule has 8 heteroatoms. The second-order valence-electron chi connectivity index (χ2n) is 11.7. The zero-order chi connectivity index (χ0) is 29.3. The molecule has 0 aromatic heterocycles. The molecule has 3 aliphatic heterocycles. The lowest BCUT2D eigenvalue weighted by atomic mass is 9.70. The number of amides is 2. The molecule has 3 heterocycles. The highest BCUT2D eigenvalue weighted by Crippen LogP contribution is 2.59. The molecule has 0 radical (unpaired) electrons. The van der Waals surface area contributed by atoms with Crippen LogP contribution in [0.15, 0.2) is 67.8 Å². The third kappa shape index (κ3) is 4.87. The van der Waals surface area contributed by atoms with Crippen LogP contribution in [0, 0.1) is 17.8 Å². The summed E-state index contributed by atoms with van der Waals surface area (Å²) in [6.45, 7) is 11.6. The van der Waals surface area contributed by atoms with Crippen LogP contribution in [-0.4, -0.2) is 71.3 Å². The highest BCUT2D eigenvalue weighted by molar-refractivity contribution is 6.05. The zero-order valence-corrected chi connectivity index (χ0v) is 23.9. The van der Waals surface area contributed by atoms with Crippen LogP contribution in [-0.2, 0) is 23.9 Å². The van der Waals surface area contributed by atoms with Crippen molar-refractivity contribution in [2.24, 2.45) is 17.8 Å². The Morgan fingerprint density at radius 1 is 1.20 bits per heavy atom. The molecule has 3 fully saturated rings. The summed E-state index contributed by atoms with van der Waals surface area (Å²) in [5.74, 6) is -2.88. The zero-order valence-electron chi connectivity index (χ0n) is 23.9. The minimum atomic E-state index is -1.18. The quantitative estimate of drug-likeness (QED) is 0.237. The van der Waals surface area contributed by atoms with Crippen LogP contribution in [0.2, 0.25) is 0 Å². The molecule has 3 saturated heterocycles. The van der Waals surface area contributed by atoms with Gasteiger partial charge in [-0.25, -0.2) is 0 Å². The van der Waals surface area contributed by atoms with Crippen molar-refractivity contribution in [3.05, 3.63) is 67.8 Å². The van der Waals surface area contributed by atoms with Crippen LogP contribution in [0.25, 0.3) is 10.8 Å². The fourth-order valence-corrected chi connectivity index (χ4v) is 7.06. The Morgan fingerprint density at radius 2 is 1.95 bits per heavy atom. The number of carbonyl (C=O) groups excluding carboxylic acids is 3. The second kappa shape index (κ2) is 11.8. The minimum absolute atomic E-state index is 0.135. The molecule has 2 amide bonds. The number of benzene rings is 2. The smallest absolute Gasteiger partial charge is 0.312 e. The lowest BCUT2D eigenvalue weighted by Gasteiger charge is -2.40. The molecule has 0 aliphatic carbocycles. The molecular weight excluding hydrogens is 520 g/mol. The summed E-state index contributed by atoms with van der Waals surface area (Å²) >= 11 is 0. The second-order valence-corrected chi connectivity index (χ2v) is 11.7. The van der Waals surface area contributed by atoms with Crippen LogP contribution in [0.5, 0.6) is 0 Å². The van der Waals surface area contributed by atoms with Crippen molar-refractivity contribution in [1.29, 1.82) is 0 Å². The number of allylic oxidation sites excluding steroid dienone is 1. The summed E-state index contributed by atoms with van der Waals surface area (Å²) < 4.78 is 12.2. The van der Waals surface area contributed by atoms with Gasteiger partial charge in [0.05, 0.1) is 37.2 Å². The number of rotatable bonds is 12. The predicted molar refractivity (Wildman–Crippen MR) is 157 cm³/mol. The first-order chi connectivity index (χ1) is 19.8. The van der Waals surface area contributed by atoms with Crippen LogP contribution >= 0.6 is 0 Å². The summed E-state index contributed by atoms with van der Waals surface area (Å²) in [6, 6.07) is 12.1. The van der Waals surface area contributed by atoms with Gasteiger partial charge in [0, 0.05) is 12.2 Å². The van der Waals surface area contributed by atoms with Crippen molar-refractivity contribution < 1.29 is 29.0 Å². The fourth-order valence-electron chi connectivity index (χ4n) is 7.06. The van der Waals surface area contributed by atoms with E-state index in [1.54, 1.807) is 17.1 Å². The maximum absolute atomic E-state index is 14.7. The molecule has 1 N–H and O–H groups in total. The number of fused-ring (bicyclic) bond motifs is 2. The highest BCUT2D eigenvalue weighted by Gasteiger charge is 2.75. The van der Waals surface area contributed by atoms with Crippen molar-refractivity contribution in [3.63, 3.8) is 0 Å². The van der Waals surface area contributed by atoms with E-state index >= 15 is 0 Å². The van der Waals surface area contributed by atoms with E-state index in [0.29, 0.717) is 24.9 Å². The van der Waals surface area contributed by atoms with Crippen molar-refractivity contribution in [1.82, 2.24) is 4.90 Å². The first-order valence-corrected chi connectivity index (χ1v) is 14.6. The Kier molecular flexibility index (Phi) is 8.34. The number of aliphatic hydroxyl groups is 1. The lowest BCUT2D eigenvalue weighted by Crippen LogP contribution is -2.59. The van der Waals surface area contributed by atoms with Gasteiger partial charge >= 0.3 is 5.97 Å². The van der Waals surface area contributed by atoms with E-state index in [2.05, 4.69) is 13.2 Å². The normalized spacial score (nSPS) is 27.2. The van der Waals surface area contributed by atoms with Crippen molar-refractivity contribution in [2.75, 3.05) is 24.7 Å². The maximum atomic E-state index is 14.7. The number of carbonyl (C=O) groups is 3. The average Bonchev–Trinajstić information content (AvgIpc) is 3.61. The van der Waals surface area contributed by atoms with Gasteiger partial charge < -0.3 is 24.4 Å². The van der Waals surface area contributed by atoms with E-state index in [9.17, 15) is 19.5 Å². The van der Waals surface area contributed by atoms with Gasteiger partial charge in [0.2, 0.25) is 5.91 Å². The van der Waals surface area contributed by atoms with Gasteiger partial charge in [-0.15, -0.1) is 13.2 Å². The molecule has 218 valence electrons. The maximum Gasteiger partial charge on any atom is 0.312 e. The Hall–Kier alpha value is -3.49. The van der Waals surface area contributed by atoms with Crippen molar-refractivity contribution in [3.8, 4) is 0 Å². The van der Waals surface area contributed by atoms with Crippen molar-refractivity contribution in [2.45, 2.75) is 63.3 Å². The summed E-state index contributed by atoms with van der Waals surface area (Å²) in [5.41, 5.74) is -0.501. The van der Waals surface area contributed by atoms with Gasteiger partial charge in [-0.2, -0.15) is 0 Å². The minimum Gasteiger partial charge on any atom is -0.465 e. The van der Waals surface area contributed by atoms with Gasteiger partial charge in [0.1, 0.15) is 11.6 Å². The number of likely N-dealkylation sites (tertiary alicyclic amines) is 1. The van der Waals surface area contributed by atoms with E-state index in [0.717, 1.165) is 17.2 Å². The van der Waals surface area contributed by atoms with E-state index in [4.69, 9.17) is 9.47 Å². The standard InChI is InChI=1S/C33H40N2O6/c1-5-7-10-18-40-32(39)27-26-15-16-33(41-26)28(27)30(37)35(25(20-36)21(3)4)29(33)31(38)34(17-6-2)24-14-13-22-11-8-9-12-23(22)19-24/h5-6,8-9,11-14,19,21,25-29,36H,1-2,7,10,15-18,20H2,3-4H3/t25-,26-,27+,28-,29?,33?/m0/s1. The van der Waals surface area contributed by atoms with Crippen molar-refractivity contribution >= 4 is 34.2 Å². The predicted octanol–water partition coefficient (Wildman–Crippen LogP) is 4.26. The van der Waals surface area contributed by atoms with E-state index in [1.165, 1.54) is 4.90 Å². The number of ether oxygens (including phenoxy) is 2. The molecular formula is C33H40N2O6. The summed E-state index contributed by atoms with van der Waals surface area (Å²) in [5, 5.41) is 12.5. The Balaban J connectivity index is 1.55. The average molecular weight is 561 g/mol. The van der Waals surface area contributed by atoms with E-state index in [-0.39, 0.29) is 37.5 Å². The molecule has 41 heavy (non-hydrogen) atoms. The highest BCUT2D eigenvalue weighted by atomic mass is 16.6. The monoisotopic (exact) mass is 560 g/mol. The fraction of sp³-hybridized carbons (Fsp3) is 0.485. The number of anilines is 1. The molecule has 0 saturated carbocycles. The number of nitrogens with zero attached hydrogens (tertiary/aromatic N) is 2. The summed E-state index contributed by atoms with van der Waals surface area (Å²) in [7, 11) is 0. The third-order valence-electron chi connectivity index (χ3n) is 8.98. The van der Waals surface area contributed by atoms with Gasteiger partial charge in [-0.3, -0.25) is 14.4 Å². The first-order valence-electron chi connectivity index (χ1n) is 14.6. The number of esters is 1. The van der Waals surface area contributed by atoms with Crippen LogP contribution < -0.4 is 4.90 Å². The first kappa shape index (κ1) is 29.0. The van der Waals surface area contributed by atoms with Gasteiger partial charge in [-0.05, 0) is 54.5 Å². The molecule has 6 atom stereocenters. The molecule has 2 unspecified atom stereocenters. The molecule has 5 rings (SSSR count). The van der Waals surface area contributed by atoms with E-state index < -0.39 is 41.6 Å². The number of aliphatic hydroxyl groups excluding tert-OH is 1. The SMILES string of the molecule is C=CCCCOC(=O)[C@@H]1[C@@H]2CCC3(O2)C(C(=O)N(CC=C)c2ccc4ccccc4c2)N([C@@H](CO)C(C)C)C(=O)[C@H]13. The van der Waals surface area contributed by atoms with Gasteiger partial charge in [-0.1, -0.05) is 56.3 Å². The Bertz CT molecular complexity index is 1340. The van der Waals surface area contributed by atoms with Crippen LogP contribution in [0.1, 0.15) is 39.5 Å². The Morgan fingerprint density at radius 3 is 2.63 bits per heavy atom. The molecule has 2 bridgehead atoms. The molecule has 8 nitrogen and oxygen atoms in total. The summed E-state index contributed by atoms with van der Waals surface area (Å²) in [4.78, 5) is 45.5. The molecule has 2 aromatic rings. The topological polar surface area (TPSA) is 96.4 Å². The van der Waals surface area contributed by atoms with Crippen LogP contribution in [0.3, 0.4) is 0 Å². The lowest BCUT2D eigenvalue weighted by molar-refractivity contribution is -0.156. The molecule has 2 aromatic carbocycles. The number of hydrogen-bond donors (Lipinski definition) is 1. The molecule has 1 spiro atoms. The van der Waals surface area contributed by atoms with E-state index in [1.807, 2.05) is 56.3 Å². The number of hydrogen-bond acceptors (Lipinski definition) is 6. The van der Waals surface area contributed by atoms with Crippen LogP contribution in [0.4, 0.5) is 5.69 Å².